The number of benzene rings is 4. The van der Waals surface area contributed by atoms with E-state index in [4.69, 9.17) is 0 Å². The molecule has 3 heterocycles. The third-order valence-corrected chi connectivity index (χ3v) is 8.89. The van der Waals surface area contributed by atoms with Crippen molar-refractivity contribution >= 4 is 50.2 Å². The van der Waals surface area contributed by atoms with Crippen LogP contribution in [-0.4, -0.2) is 9.55 Å². The largest absolute Gasteiger partial charge is 0.340 e. The predicted molar refractivity (Wildman–Crippen MR) is 176 cm³/mol. The maximum atomic E-state index is 4.31. The van der Waals surface area contributed by atoms with Crippen molar-refractivity contribution < 1.29 is 0 Å². The van der Waals surface area contributed by atoms with Crippen molar-refractivity contribution in [1.29, 1.82) is 0 Å². The molecule has 0 aliphatic carbocycles. The van der Waals surface area contributed by atoms with Crippen LogP contribution in [0.15, 0.2) is 134 Å². The molecule has 0 saturated carbocycles. The minimum absolute atomic E-state index is 0.992. The van der Waals surface area contributed by atoms with E-state index in [9.17, 15) is 0 Å². The van der Waals surface area contributed by atoms with E-state index in [0.717, 1.165) is 42.0 Å². The van der Waals surface area contributed by atoms with E-state index in [0.29, 0.717) is 0 Å². The summed E-state index contributed by atoms with van der Waals surface area (Å²) < 4.78 is 2.53. The van der Waals surface area contributed by atoms with Crippen LogP contribution in [0, 0.1) is 0 Å². The van der Waals surface area contributed by atoms with Gasteiger partial charge in [0.15, 0.2) is 0 Å². The van der Waals surface area contributed by atoms with Crippen LogP contribution in [-0.2, 0) is 6.54 Å². The minimum atomic E-state index is 0.992. The van der Waals surface area contributed by atoms with Crippen LogP contribution in [0.5, 0.6) is 0 Å². The standard InChI is InChI=1S/C37H31N3S/c1-2-3-23-39-34-24-27(36-20-21-37(41-36)28-11-10-22-38-26-28)16-18-32(34)33-19-17-31(25-35(33)39)40(29-12-6-4-7-13-29)30-14-8-5-9-15-30/h4-22,24-26H,2-3,23H2,1H3. The van der Waals surface area contributed by atoms with Gasteiger partial charge in [-0.1, -0.05) is 74.0 Å². The molecular formula is C37H31N3S. The molecule has 0 saturated heterocycles. The van der Waals surface area contributed by atoms with Crippen LogP contribution in [0.2, 0.25) is 0 Å². The van der Waals surface area contributed by atoms with Crippen molar-refractivity contribution in [1.82, 2.24) is 9.55 Å². The van der Waals surface area contributed by atoms with Gasteiger partial charge in [0.05, 0.1) is 5.52 Å². The zero-order valence-electron chi connectivity index (χ0n) is 23.1. The van der Waals surface area contributed by atoms with E-state index in [-0.39, 0.29) is 0 Å². The predicted octanol–water partition coefficient (Wildman–Crippen LogP) is 10.9. The van der Waals surface area contributed by atoms with Crippen molar-refractivity contribution in [2.45, 2.75) is 26.3 Å². The molecule has 0 aliphatic heterocycles. The van der Waals surface area contributed by atoms with E-state index in [1.54, 1.807) is 0 Å². The lowest BCUT2D eigenvalue weighted by molar-refractivity contribution is 0.665. The number of fused-ring (bicyclic) bond motifs is 3. The molecule has 3 nitrogen and oxygen atoms in total. The normalized spacial score (nSPS) is 11.3. The zero-order valence-corrected chi connectivity index (χ0v) is 23.9. The van der Waals surface area contributed by atoms with E-state index < -0.39 is 0 Å². The van der Waals surface area contributed by atoms with Gasteiger partial charge in [-0.05, 0) is 72.6 Å². The highest BCUT2D eigenvalue weighted by atomic mass is 32.1. The minimum Gasteiger partial charge on any atom is -0.340 e. The molecule has 3 aromatic heterocycles. The first-order chi connectivity index (χ1) is 20.3. The molecule has 0 bridgehead atoms. The van der Waals surface area contributed by atoms with Gasteiger partial charge in [0.2, 0.25) is 0 Å². The van der Waals surface area contributed by atoms with Crippen molar-refractivity contribution in [2.75, 3.05) is 4.90 Å². The summed E-state index contributed by atoms with van der Waals surface area (Å²) in [7, 11) is 0. The van der Waals surface area contributed by atoms with Gasteiger partial charge in [-0.3, -0.25) is 4.98 Å². The molecular weight excluding hydrogens is 518 g/mol. The van der Waals surface area contributed by atoms with Gasteiger partial charge in [-0.2, -0.15) is 0 Å². The Morgan fingerprint density at radius 3 is 1.95 bits per heavy atom. The van der Waals surface area contributed by atoms with Gasteiger partial charge in [0.25, 0.3) is 0 Å². The number of anilines is 3. The van der Waals surface area contributed by atoms with E-state index in [1.165, 1.54) is 37.1 Å². The molecule has 41 heavy (non-hydrogen) atoms. The van der Waals surface area contributed by atoms with Gasteiger partial charge >= 0.3 is 0 Å². The Balaban J connectivity index is 1.37. The Labute approximate surface area is 245 Å². The van der Waals surface area contributed by atoms with Gasteiger partial charge in [-0.25, -0.2) is 0 Å². The van der Waals surface area contributed by atoms with Crippen LogP contribution in [0.25, 0.3) is 42.7 Å². The number of hydrogen-bond acceptors (Lipinski definition) is 3. The van der Waals surface area contributed by atoms with Gasteiger partial charge in [0.1, 0.15) is 0 Å². The van der Waals surface area contributed by atoms with E-state index >= 15 is 0 Å². The summed E-state index contributed by atoms with van der Waals surface area (Å²) in [6, 6.07) is 43.8. The molecule has 0 N–H and O–H groups in total. The second-order valence-electron chi connectivity index (χ2n) is 10.4. The van der Waals surface area contributed by atoms with Gasteiger partial charge in [-0.15, -0.1) is 11.3 Å². The first-order valence-corrected chi connectivity index (χ1v) is 15.1. The summed E-state index contributed by atoms with van der Waals surface area (Å²) in [5.74, 6) is 0. The molecule has 4 aromatic carbocycles. The fraction of sp³-hybridized carbons (Fsp3) is 0.108. The highest BCUT2D eigenvalue weighted by molar-refractivity contribution is 7.18. The Hall–Kier alpha value is -4.67. The molecule has 0 atom stereocenters. The first-order valence-electron chi connectivity index (χ1n) is 14.3. The van der Waals surface area contributed by atoms with Crippen LogP contribution in [0.3, 0.4) is 0 Å². The molecule has 0 spiro atoms. The lowest BCUT2D eigenvalue weighted by Crippen LogP contribution is -2.09. The van der Waals surface area contributed by atoms with E-state index in [2.05, 4.69) is 137 Å². The fourth-order valence-corrected chi connectivity index (χ4v) is 6.68. The number of hydrogen-bond donors (Lipinski definition) is 0. The number of thiophene rings is 1. The van der Waals surface area contributed by atoms with Crippen LogP contribution in [0.4, 0.5) is 17.1 Å². The van der Waals surface area contributed by atoms with Crippen molar-refractivity contribution in [3.05, 3.63) is 134 Å². The molecule has 0 unspecified atom stereocenters. The number of aromatic nitrogens is 2. The Morgan fingerprint density at radius 2 is 1.29 bits per heavy atom. The average molecular weight is 550 g/mol. The Kier molecular flexibility index (Phi) is 6.83. The number of aryl methyl sites for hydroxylation is 1. The van der Waals surface area contributed by atoms with Crippen LogP contribution in [0.1, 0.15) is 19.8 Å². The Morgan fingerprint density at radius 1 is 0.634 bits per heavy atom. The van der Waals surface area contributed by atoms with E-state index in [1.807, 2.05) is 29.8 Å². The molecule has 200 valence electrons. The average Bonchev–Trinajstić information content (AvgIpc) is 3.65. The smallest absolute Gasteiger partial charge is 0.0512 e. The topological polar surface area (TPSA) is 21.1 Å². The molecule has 7 rings (SSSR count). The zero-order chi connectivity index (χ0) is 27.6. The van der Waals surface area contributed by atoms with Gasteiger partial charge < -0.3 is 9.47 Å². The summed E-state index contributed by atoms with van der Waals surface area (Å²) in [4.78, 5) is 9.17. The maximum absolute atomic E-state index is 4.31. The highest BCUT2D eigenvalue weighted by Crippen LogP contribution is 2.40. The summed E-state index contributed by atoms with van der Waals surface area (Å²) in [5.41, 5.74) is 8.46. The second-order valence-corrected chi connectivity index (χ2v) is 11.4. The SMILES string of the molecule is CCCCn1c2cc(-c3ccc(-c4cccnc4)s3)ccc2c2ccc(N(c3ccccc3)c3ccccc3)cc21. The number of nitrogens with zero attached hydrogens (tertiary/aromatic N) is 3. The quantitative estimate of drug-likeness (QED) is 0.188. The van der Waals surface area contributed by atoms with Crippen molar-refractivity contribution in [3.8, 4) is 20.9 Å². The van der Waals surface area contributed by atoms with Crippen molar-refractivity contribution in [3.63, 3.8) is 0 Å². The summed E-state index contributed by atoms with van der Waals surface area (Å²) in [5, 5.41) is 2.61. The maximum Gasteiger partial charge on any atom is 0.0512 e. The van der Waals surface area contributed by atoms with Gasteiger partial charge in [0, 0.05) is 67.6 Å². The lowest BCUT2D eigenvalue weighted by atomic mass is 10.1. The first kappa shape index (κ1) is 25.3. The lowest BCUT2D eigenvalue weighted by Gasteiger charge is -2.25. The molecule has 0 fully saturated rings. The fourth-order valence-electron chi connectivity index (χ4n) is 5.69. The molecule has 0 amide bonds. The number of rotatable bonds is 8. The van der Waals surface area contributed by atoms with Crippen molar-refractivity contribution in [2.24, 2.45) is 0 Å². The molecule has 4 heteroatoms. The number of para-hydroxylation sites is 2. The summed E-state index contributed by atoms with van der Waals surface area (Å²) >= 11 is 1.82. The number of unbranched alkanes of at least 4 members (excludes halogenated alkanes) is 1. The van der Waals surface area contributed by atoms with Crippen LogP contribution >= 0.6 is 11.3 Å². The third-order valence-electron chi connectivity index (χ3n) is 7.71. The third kappa shape index (κ3) is 4.81. The molecule has 0 aliphatic rings. The summed E-state index contributed by atoms with van der Waals surface area (Å²) in [6.45, 7) is 3.26. The Bertz CT molecular complexity index is 1880. The van der Waals surface area contributed by atoms with Crippen LogP contribution < -0.4 is 4.90 Å². The molecule has 0 radical (unpaired) electrons. The molecule has 7 aromatic rings. The second kappa shape index (κ2) is 11.1. The number of pyridine rings is 1. The monoisotopic (exact) mass is 549 g/mol. The highest BCUT2D eigenvalue weighted by Gasteiger charge is 2.17. The summed E-state index contributed by atoms with van der Waals surface area (Å²) in [6.07, 6.45) is 6.05.